The molecule has 2 rings (SSSR count). The summed E-state index contributed by atoms with van der Waals surface area (Å²) in [6.45, 7) is 3.96. The van der Waals surface area contributed by atoms with Crippen molar-refractivity contribution in [3.05, 3.63) is 45.0 Å². The lowest BCUT2D eigenvalue weighted by molar-refractivity contribution is -0.131. The number of nitrogens with one attached hydrogen (secondary N) is 1. The number of carbonyl (C=O) groups excluding carboxylic acids is 1. The Hall–Kier alpha value is -2.41. The summed E-state index contributed by atoms with van der Waals surface area (Å²) in [4.78, 5) is 23.7. The SMILES string of the molecule is Cc1noc(C)c1CNC(=O)c1ccc(C=CC(=O)O)s1. The second-order valence-electron chi connectivity index (χ2n) is 4.36. The zero-order valence-electron chi connectivity index (χ0n) is 11.5. The molecule has 1 amide bonds. The smallest absolute Gasteiger partial charge is 0.328 e. The average molecular weight is 306 g/mol. The van der Waals surface area contributed by atoms with Crippen LogP contribution in [0.15, 0.2) is 22.7 Å². The third kappa shape index (κ3) is 3.79. The Balaban J connectivity index is 1.99. The molecule has 0 saturated carbocycles. The van der Waals surface area contributed by atoms with E-state index >= 15 is 0 Å². The summed E-state index contributed by atoms with van der Waals surface area (Å²) < 4.78 is 5.03. The normalized spacial score (nSPS) is 11.0. The predicted octanol–water partition coefficient (Wildman–Crippen LogP) is 2.38. The second kappa shape index (κ2) is 6.36. The minimum Gasteiger partial charge on any atom is -0.478 e. The molecule has 110 valence electrons. The Bertz CT molecular complexity index is 680. The molecule has 0 saturated heterocycles. The molecule has 0 unspecified atom stereocenters. The molecule has 21 heavy (non-hydrogen) atoms. The molecule has 2 aromatic heterocycles. The molecule has 0 fully saturated rings. The highest BCUT2D eigenvalue weighted by molar-refractivity contribution is 7.14. The molecular weight excluding hydrogens is 292 g/mol. The van der Waals surface area contributed by atoms with Gasteiger partial charge in [-0.3, -0.25) is 4.79 Å². The van der Waals surface area contributed by atoms with E-state index in [2.05, 4.69) is 10.5 Å². The number of hydrogen-bond acceptors (Lipinski definition) is 5. The lowest BCUT2D eigenvalue weighted by Gasteiger charge is -2.02. The Morgan fingerprint density at radius 3 is 2.81 bits per heavy atom. The molecule has 0 aliphatic rings. The second-order valence-corrected chi connectivity index (χ2v) is 5.47. The monoisotopic (exact) mass is 306 g/mol. The van der Waals surface area contributed by atoms with Gasteiger partial charge in [-0.1, -0.05) is 5.16 Å². The number of aliphatic carboxylic acids is 1. The van der Waals surface area contributed by atoms with E-state index in [-0.39, 0.29) is 5.91 Å². The molecule has 7 heteroatoms. The summed E-state index contributed by atoms with van der Waals surface area (Å²) >= 11 is 1.23. The minimum absolute atomic E-state index is 0.213. The third-order valence-corrected chi connectivity index (χ3v) is 3.90. The van der Waals surface area contributed by atoms with Crippen molar-refractivity contribution in [1.29, 1.82) is 0 Å². The molecule has 2 heterocycles. The van der Waals surface area contributed by atoms with E-state index in [4.69, 9.17) is 9.63 Å². The molecule has 0 atom stereocenters. The van der Waals surface area contributed by atoms with Gasteiger partial charge < -0.3 is 14.9 Å². The van der Waals surface area contributed by atoms with Crippen LogP contribution in [0.25, 0.3) is 6.08 Å². The van der Waals surface area contributed by atoms with Gasteiger partial charge in [0, 0.05) is 23.1 Å². The standard InChI is InChI=1S/C14H14N2O4S/c1-8-11(9(2)20-16-8)7-15-14(19)12-5-3-10(21-12)4-6-13(17)18/h3-6H,7H2,1-2H3,(H,15,19)(H,17,18). The molecule has 2 aromatic rings. The number of hydrogen-bond donors (Lipinski definition) is 2. The lowest BCUT2D eigenvalue weighted by atomic mass is 10.2. The number of carboxylic acids is 1. The van der Waals surface area contributed by atoms with Crippen molar-refractivity contribution in [3.8, 4) is 0 Å². The number of aryl methyl sites for hydroxylation is 2. The van der Waals surface area contributed by atoms with Crippen LogP contribution in [0, 0.1) is 13.8 Å². The first-order valence-corrected chi connectivity index (χ1v) is 7.00. The van der Waals surface area contributed by atoms with Crippen LogP contribution in [0.3, 0.4) is 0 Å². The predicted molar refractivity (Wildman–Crippen MR) is 78.1 cm³/mol. The minimum atomic E-state index is -1.02. The van der Waals surface area contributed by atoms with Crippen molar-refractivity contribution < 1.29 is 19.2 Å². The van der Waals surface area contributed by atoms with Crippen LogP contribution in [0.5, 0.6) is 0 Å². The van der Waals surface area contributed by atoms with Gasteiger partial charge in [-0.05, 0) is 32.1 Å². The van der Waals surface area contributed by atoms with Gasteiger partial charge in [0.15, 0.2) is 0 Å². The molecule has 0 aliphatic heterocycles. The van der Waals surface area contributed by atoms with Gasteiger partial charge >= 0.3 is 5.97 Å². The van der Waals surface area contributed by atoms with Gasteiger partial charge in [-0.2, -0.15) is 0 Å². The lowest BCUT2D eigenvalue weighted by Crippen LogP contribution is -2.22. The highest BCUT2D eigenvalue weighted by atomic mass is 32.1. The van der Waals surface area contributed by atoms with Crippen LogP contribution in [0.2, 0.25) is 0 Å². The first-order valence-electron chi connectivity index (χ1n) is 6.18. The van der Waals surface area contributed by atoms with Gasteiger partial charge in [0.05, 0.1) is 10.6 Å². The molecule has 6 nitrogen and oxygen atoms in total. The maximum atomic E-state index is 12.0. The third-order valence-electron chi connectivity index (χ3n) is 2.85. The fraction of sp³-hybridized carbons (Fsp3) is 0.214. The molecule has 2 N–H and O–H groups in total. The van der Waals surface area contributed by atoms with E-state index in [1.54, 1.807) is 19.1 Å². The summed E-state index contributed by atoms with van der Waals surface area (Å²) in [7, 11) is 0. The van der Waals surface area contributed by atoms with E-state index in [9.17, 15) is 9.59 Å². The fourth-order valence-corrected chi connectivity index (χ4v) is 2.55. The number of carboxylic acid groups (broad SMARTS) is 1. The largest absolute Gasteiger partial charge is 0.478 e. The first-order chi connectivity index (χ1) is 9.97. The molecule has 0 radical (unpaired) electrons. The Kier molecular flexibility index (Phi) is 4.54. The summed E-state index contributed by atoms with van der Waals surface area (Å²) in [5.41, 5.74) is 1.62. The Labute approximate surface area is 125 Å². The van der Waals surface area contributed by atoms with Gasteiger partial charge in [0.1, 0.15) is 5.76 Å². The zero-order chi connectivity index (χ0) is 15.4. The van der Waals surface area contributed by atoms with Crippen molar-refractivity contribution in [2.24, 2.45) is 0 Å². The van der Waals surface area contributed by atoms with Crippen molar-refractivity contribution in [2.75, 3.05) is 0 Å². The molecular formula is C14H14N2O4S. The topological polar surface area (TPSA) is 92.4 Å². The summed E-state index contributed by atoms with van der Waals surface area (Å²) in [5, 5.41) is 15.2. The summed E-state index contributed by atoms with van der Waals surface area (Å²) in [6, 6.07) is 3.36. The Morgan fingerprint density at radius 2 is 2.19 bits per heavy atom. The summed E-state index contributed by atoms with van der Waals surface area (Å²) in [6.07, 6.45) is 2.50. The van der Waals surface area contributed by atoms with Crippen molar-refractivity contribution >= 4 is 29.3 Å². The van der Waals surface area contributed by atoms with Crippen molar-refractivity contribution in [1.82, 2.24) is 10.5 Å². The Morgan fingerprint density at radius 1 is 1.43 bits per heavy atom. The fourth-order valence-electron chi connectivity index (χ4n) is 1.73. The maximum Gasteiger partial charge on any atom is 0.328 e. The van der Waals surface area contributed by atoms with Crippen molar-refractivity contribution in [3.63, 3.8) is 0 Å². The van der Waals surface area contributed by atoms with Crippen molar-refractivity contribution in [2.45, 2.75) is 20.4 Å². The number of aromatic nitrogens is 1. The quantitative estimate of drug-likeness (QED) is 0.827. The van der Waals surface area contributed by atoms with Gasteiger partial charge in [0.25, 0.3) is 5.91 Å². The molecule has 0 bridgehead atoms. The molecule has 0 aromatic carbocycles. The van der Waals surface area contributed by atoms with E-state index in [1.165, 1.54) is 17.4 Å². The number of carbonyl (C=O) groups is 2. The highest BCUT2D eigenvalue weighted by Crippen LogP contribution is 2.18. The number of nitrogens with zero attached hydrogens (tertiary/aromatic N) is 1. The number of thiophene rings is 1. The van der Waals surface area contributed by atoms with Crippen LogP contribution in [0.1, 0.15) is 31.6 Å². The average Bonchev–Trinajstić information content (AvgIpc) is 3.02. The zero-order valence-corrected chi connectivity index (χ0v) is 12.4. The van der Waals surface area contributed by atoms with Gasteiger partial charge in [0.2, 0.25) is 0 Å². The molecule has 0 spiro atoms. The van der Waals surface area contributed by atoms with Crippen LogP contribution in [-0.2, 0) is 11.3 Å². The van der Waals surface area contributed by atoms with Crippen LogP contribution in [0.4, 0.5) is 0 Å². The van der Waals surface area contributed by atoms with E-state index < -0.39 is 5.97 Å². The van der Waals surface area contributed by atoms with Crippen LogP contribution >= 0.6 is 11.3 Å². The van der Waals surface area contributed by atoms with Crippen LogP contribution < -0.4 is 5.32 Å². The highest BCUT2D eigenvalue weighted by Gasteiger charge is 2.12. The maximum absolute atomic E-state index is 12.0. The van der Waals surface area contributed by atoms with Gasteiger partial charge in [-0.25, -0.2) is 4.79 Å². The summed E-state index contributed by atoms with van der Waals surface area (Å²) in [5.74, 6) is -0.549. The van der Waals surface area contributed by atoms with Crippen LogP contribution in [-0.4, -0.2) is 22.1 Å². The molecule has 0 aliphatic carbocycles. The van der Waals surface area contributed by atoms with E-state index in [0.717, 1.165) is 17.3 Å². The number of amides is 1. The first kappa shape index (κ1) is 15.0. The van der Waals surface area contributed by atoms with Gasteiger partial charge in [-0.15, -0.1) is 11.3 Å². The van der Waals surface area contributed by atoms with E-state index in [1.807, 2.05) is 6.92 Å². The number of rotatable bonds is 5. The van der Waals surface area contributed by atoms with E-state index in [0.29, 0.717) is 22.1 Å².